The summed E-state index contributed by atoms with van der Waals surface area (Å²) >= 11 is 0. The predicted molar refractivity (Wildman–Crippen MR) is 60.0 cm³/mol. The van der Waals surface area contributed by atoms with E-state index in [0.717, 1.165) is 6.54 Å². The fourth-order valence-electron chi connectivity index (χ4n) is 1.85. The summed E-state index contributed by atoms with van der Waals surface area (Å²) in [6.07, 6.45) is 14.8. The number of rotatable bonds is 2. The van der Waals surface area contributed by atoms with Crippen LogP contribution >= 0.6 is 0 Å². The Morgan fingerprint density at radius 3 is 3.07 bits per heavy atom. The van der Waals surface area contributed by atoms with Crippen molar-refractivity contribution >= 4 is 0 Å². The fourth-order valence-corrected chi connectivity index (χ4v) is 1.85. The molecule has 0 aromatic rings. The van der Waals surface area contributed by atoms with Gasteiger partial charge in [0.05, 0.1) is 0 Å². The molecule has 0 saturated carbocycles. The Balaban J connectivity index is 1.85. The summed E-state index contributed by atoms with van der Waals surface area (Å²) in [4.78, 5) is 0. The predicted octanol–water partition coefficient (Wildman–Crippen LogP) is 1.73. The maximum atomic E-state index is 3.50. The van der Waals surface area contributed by atoms with Gasteiger partial charge in [-0.05, 0) is 31.5 Å². The number of hydrogen-bond donors (Lipinski definition) is 2. The lowest BCUT2D eigenvalue weighted by Gasteiger charge is -2.20. The average molecular weight is 190 g/mol. The summed E-state index contributed by atoms with van der Waals surface area (Å²) in [5.74, 6) is 0. The van der Waals surface area contributed by atoms with Crippen molar-refractivity contribution in [1.29, 1.82) is 0 Å². The highest BCUT2D eigenvalue weighted by atomic mass is 14.9. The Morgan fingerprint density at radius 2 is 2.36 bits per heavy atom. The molecule has 1 saturated heterocycles. The van der Waals surface area contributed by atoms with Crippen LogP contribution in [0, 0.1) is 0 Å². The lowest BCUT2D eigenvalue weighted by molar-refractivity contribution is 0.454. The van der Waals surface area contributed by atoms with E-state index in [-0.39, 0.29) is 0 Å². The summed E-state index contributed by atoms with van der Waals surface area (Å²) in [6.45, 7) is 2.12. The Kier molecular flexibility index (Phi) is 3.41. The lowest BCUT2D eigenvalue weighted by Crippen LogP contribution is -2.32. The number of nitrogens with one attached hydrogen (secondary N) is 2. The van der Waals surface area contributed by atoms with Crippen LogP contribution in [0.1, 0.15) is 19.3 Å². The summed E-state index contributed by atoms with van der Waals surface area (Å²) in [5, 5.41) is 6.82. The minimum Gasteiger partial charge on any atom is -0.382 e. The third-order valence-electron chi connectivity index (χ3n) is 2.69. The van der Waals surface area contributed by atoms with Gasteiger partial charge >= 0.3 is 0 Å². The van der Waals surface area contributed by atoms with Crippen molar-refractivity contribution in [3.8, 4) is 0 Å². The van der Waals surface area contributed by atoms with Crippen molar-refractivity contribution in [2.45, 2.75) is 25.3 Å². The zero-order chi connectivity index (χ0) is 9.64. The second-order valence-electron chi connectivity index (χ2n) is 3.85. The van der Waals surface area contributed by atoms with E-state index in [0.29, 0.717) is 6.04 Å². The topological polar surface area (TPSA) is 24.1 Å². The van der Waals surface area contributed by atoms with Crippen LogP contribution < -0.4 is 10.6 Å². The van der Waals surface area contributed by atoms with E-state index in [4.69, 9.17) is 0 Å². The molecule has 2 aliphatic heterocycles. The molecule has 2 nitrogen and oxygen atoms in total. The van der Waals surface area contributed by atoms with Crippen molar-refractivity contribution in [2.75, 3.05) is 13.1 Å². The molecule has 0 aliphatic carbocycles. The molecule has 1 unspecified atom stereocenters. The second kappa shape index (κ2) is 5.01. The highest BCUT2D eigenvalue weighted by Gasteiger charge is 2.08. The van der Waals surface area contributed by atoms with Crippen LogP contribution in [-0.4, -0.2) is 19.1 Å². The Bertz CT molecular complexity index is 257. The van der Waals surface area contributed by atoms with Crippen LogP contribution in [0.5, 0.6) is 0 Å². The first-order chi connectivity index (χ1) is 6.95. The first-order valence-electron chi connectivity index (χ1n) is 5.47. The van der Waals surface area contributed by atoms with Gasteiger partial charge in [0, 0.05) is 18.3 Å². The number of allylic oxidation sites excluding steroid dienone is 3. The minimum atomic E-state index is 0.581. The third-order valence-corrected chi connectivity index (χ3v) is 2.69. The van der Waals surface area contributed by atoms with Crippen molar-refractivity contribution in [1.82, 2.24) is 10.6 Å². The van der Waals surface area contributed by atoms with Gasteiger partial charge in [0.1, 0.15) is 0 Å². The molecule has 2 N–H and O–H groups in total. The SMILES string of the molecule is C1=CCNC(C=CC2CCCCN2)=C1. The minimum absolute atomic E-state index is 0.581. The maximum absolute atomic E-state index is 3.50. The van der Waals surface area contributed by atoms with E-state index in [1.165, 1.54) is 31.5 Å². The van der Waals surface area contributed by atoms with Gasteiger partial charge in [0.25, 0.3) is 0 Å². The number of hydrogen-bond acceptors (Lipinski definition) is 2. The number of dihydropyridines is 1. The molecule has 0 bridgehead atoms. The van der Waals surface area contributed by atoms with E-state index in [2.05, 4.69) is 41.0 Å². The largest absolute Gasteiger partial charge is 0.382 e. The van der Waals surface area contributed by atoms with E-state index < -0.39 is 0 Å². The Morgan fingerprint density at radius 1 is 1.36 bits per heavy atom. The van der Waals surface area contributed by atoms with Crippen LogP contribution in [0.4, 0.5) is 0 Å². The molecule has 1 fully saturated rings. The van der Waals surface area contributed by atoms with E-state index in [1.54, 1.807) is 0 Å². The summed E-state index contributed by atoms with van der Waals surface area (Å²) < 4.78 is 0. The molecule has 0 aromatic carbocycles. The zero-order valence-corrected chi connectivity index (χ0v) is 8.50. The van der Waals surface area contributed by atoms with E-state index in [9.17, 15) is 0 Å². The molecule has 2 aliphatic rings. The van der Waals surface area contributed by atoms with Crippen molar-refractivity contribution in [2.24, 2.45) is 0 Å². The van der Waals surface area contributed by atoms with Gasteiger partial charge in [0.2, 0.25) is 0 Å². The molecule has 14 heavy (non-hydrogen) atoms. The van der Waals surface area contributed by atoms with Gasteiger partial charge in [-0.2, -0.15) is 0 Å². The fraction of sp³-hybridized carbons (Fsp3) is 0.500. The summed E-state index contributed by atoms with van der Waals surface area (Å²) in [5.41, 5.74) is 1.22. The molecule has 76 valence electrons. The average Bonchev–Trinajstić information content (AvgIpc) is 2.29. The van der Waals surface area contributed by atoms with Crippen molar-refractivity contribution in [3.63, 3.8) is 0 Å². The van der Waals surface area contributed by atoms with Crippen LogP contribution in [-0.2, 0) is 0 Å². The Hall–Kier alpha value is -1.02. The van der Waals surface area contributed by atoms with Crippen LogP contribution in [0.25, 0.3) is 0 Å². The van der Waals surface area contributed by atoms with Gasteiger partial charge in [-0.15, -0.1) is 0 Å². The molecule has 2 rings (SSSR count). The molecule has 2 heterocycles. The van der Waals surface area contributed by atoms with E-state index >= 15 is 0 Å². The molecule has 0 aromatic heterocycles. The van der Waals surface area contributed by atoms with Gasteiger partial charge in [0.15, 0.2) is 0 Å². The third kappa shape index (κ3) is 2.74. The number of piperidine rings is 1. The molecule has 0 amide bonds. The van der Waals surface area contributed by atoms with Crippen LogP contribution in [0.3, 0.4) is 0 Å². The molecule has 2 heteroatoms. The van der Waals surface area contributed by atoms with E-state index in [1.807, 2.05) is 0 Å². The zero-order valence-electron chi connectivity index (χ0n) is 8.50. The first-order valence-corrected chi connectivity index (χ1v) is 5.47. The smallest absolute Gasteiger partial charge is 0.0339 e. The molecule has 0 spiro atoms. The van der Waals surface area contributed by atoms with Crippen LogP contribution in [0.2, 0.25) is 0 Å². The highest BCUT2D eigenvalue weighted by molar-refractivity contribution is 5.26. The van der Waals surface area contributed by atoms with Crippen molar-refractivity contribution in [3.05, 3.63) is 36.1 Å². The van der Waals surface area contributed by atoms with Gasteiger partial charge in [-0.3, -0.25) is 0 Å². The Labute approximate surface area is 85.8 Å². The standard InChI is InChI=1S/C12H18N2/c1-3-9-13-11(5-1)7-8-12-6-2-4-10-14-12/h1,3,5,7-8,12-14H,2,4,6,9-10H2. The van der Waals surface area contributed by atoms with Crippen LogP contribution in [0.15, 0.2) is 36.1 Å². The van der Waals surface area contributed by atoms with Gasteiger partial charge < -0.3 is 10.6 Å². The van der Waals surface area contributed by atoms with Gasteiger partial charge in [-0.25, -0.2) is 0 Å². The molecular weight excluding hydrogens is 172 g/mol. The van der Waals surface area contributed by atoms with Gasteiger partial charge in [-0.1, -0.05) is 24.6 Å². The highest BCUT2D eigenvalue weighted by Crippen LogP contribution is 2.09. The summed E-state index contributed by atoms with van der Waals surface area (Å²) in [7, 11) is 0. The molecular formula is C12H18N2. The first kappa shape index (κ1) is 9.53. The summed E-state index contributed by atoms with van der Waals surface area (Å²) in [6, 6.07) is 0.581. The molecule has 1 atom stereocenters. The maximum Gasteiger partial charge on any atom is 0.0339 e. The molecule has 0 radical (unpaired) electrons. The monoisotopic (exact) mass is 190 g/mol. The second-order valence-corrected chi connectivity index (χ2v) is 3.85. The van der Waals surface area contributed by atoms with Crippen molar-refractivity contribution < 1.29 is 0 Å². The quantitative estimate of drug-likeness (QED) is 0.693. The normalized spacial score (nSPS) is 27.4. The lowest BCUT2D eigenvalue weighted by atomic mass is 10.0.